The number of benzene rings is 1. The average molecular weight is 484 g/mol. The Morgan fingerprint density at radius 2 is 1.71 bits per heavy atom. The number of Topliss-reactive ketones (excluding diaryl/α,β-unsaturated/α-hetero) is 1. The van der Waals surface area contributed by atoms with Crippen LogP contribution in [0.3, 0.4) is 0 Å². The molecule has 8 heteroatoms. The van der Waals surface area contributed by atoms with Crippen LogP contribution in [0.15, 0.2) is 45.9 Å². The van der Waals surface area contributed by atoms with Crippen molar-refractivity contribution in [2.45, 2.75) is 70.1 Å². The van der Waals surface area contributed by atoms with E-state index in [4.69, 9.17) is 5.14 Å². The first-order valence-electron chi connectivity index (χ1n) is 12.3. The van der Waals surface area contributed by atoms with E-state index in [2.05, 4.69) is 30.5 Å². The van der Waals surface area contributed by atoms with Gasteiger partial charge in [-0.25, -0.2) is 19.0 Å². The van der Waals surface area contributed by atoms with Gasteiger partial charge in [-0.2, -0.15) is 5.10 Å². The highest BCUT2D eigenvalue weighted by atomic mass is 32.2. The van der Waals surface area contributed by atoms with E-state index in [0.717, 1.165) is 57.1 Å². The Morgan fingerprint density at radius 1 is 1.00 bits per heavy atom. The topological polar surface area (TPSA) is 119 Å². The second kappa shape index (κ2) is 8.12. The number of rotatable bonds is 3. The van der Waals surface area contributed by atoms with Crippen LogP contribution in [-0.2, 0) is 14.8 Å². The number of fused-ring (bicyclic) bond motifs is 5. The number of ketones is 1. The lowest BCUT2D eigenvalue weighted by Gasteiger charge is -2.57. The fourth-order valence-corrected chi connectivity index (χ4v) is 7.93. The summed E-state index contributed by atoms with van der Waals surface area (Å²) in [6.07, 6.45) is 10.1. The van der Waals surface area contributed by atoms with Gasteiger partial charge in [0.15, 0.2) is 0 Å². The molecular formula is C26H33N3O4S. The molecule has 1 aromatic rings. The van der Waals surface area contributed by atoms with Crippen molar-refractivity contribution in [3.05, 3.63) is 41.5 Å². The molecule has 0 radical (unpaired) electrons. The van der Waals surface area contributed by atoms with Crippen LogP contribution in [-0.4, -0.2) is 25.8 Å². The van der Waals surface area contributed by atoms with E-state index < -0.39 is 10.0 Å². The lowest BCUT2D eigenvalue weighted by molar-refractivity contribution is -0.132. The van der Waals surface area contributed by atoms with E-state index in [-0.39, 0.29) is 21.6 Å². The smallest absolute Gasteiger partial charge is 0.271 e. The molecule has 4 aliphatic rings. The number of carbonyl (C=O) groups is 2. The number of sulfonamides is 1. The number of hydrazone groups is 1. The molecule has 182 valence electrons. The number of nitrogens with one attached hydrogen (secondary N) is 1. The van der Waals surface area contributed by atoms with E-state index in [1.165, 1.54) is 29.8 Å². The summed E-state index contributed by atoms with van der Waals surface area (Å²) >= 11 is 0. The summed E-state index contributed by atoms with van der Waals surface area (Å²) in [5, 5.41) is 9.49. The zero-order valence-electron chi connectivity index (χ0n) is 19.8. The lowest BCUT2D eigenvalue weighted by atomic mass is 9.47. The van der Waals surface area contributed by atoms with Gasteiger partial charge < -0.3 is 0 Å². The van der Waals surface area contributed by atoms with Gasteiger partial charge in [0.05, 0.1) is 10.6 Å². The van der Waals surface area contributed by atoms with Crippen LogP contribution in [0.2, 0.25) is 0 Å². The average Bonchev–Trinajstić information content (AvgIpc) is 3.11. The molecule has 0 aliphatic heterocycles. The minimum atomic E-state index is -3.80. The normalized spacial score (nSPS) is 36.3. The SMILES string of the molecule is CC12CCC3C(CCC4=CC(=NNC(=O)c5ccc(S(N)(=O)=O)cc5)CCC43C)C1CCC2=O. The van der Waals surface area contributed by atoms with Crippen molar-refractivity contribution in [1.29, 1.82) is 0 Å². The van der Waals surface area contributed by atoms with Crippen LogP contribution in [0.25, 0.3) is 0 Å². The summed E-state index contributed by atoms with van der Waals surface area (Å²) in [4.78, 5) is 25.1. The number of allylic oxidation sites excluding steroid dienone is 2. The molecule has 5 atom stereocenters. The number of carbonyl (C=O) groups excluding carboxylic acids is 2. The molecular weight excluding hydrogens is 450 g/mol. The Kier molecular flexibility index (Phi) is 5.60. The predicted molar refractivity (Wildman–Crippen MR) is 129 cm³/mol. The van der Waals surface area contributed by atoms with Gasteiger partial charge in [0.2, 0.25) is 10.0 Å². The molecule has 34 heavy (non-hydrogen) atoms. The minimum Gasteiger partial charge on any atom is -0.299 e. The molecule has 4 aliphatic carbocycles. The maximum Gasteiger partial charge on any atom is 0.271 e. The Balaban J connectivity index is 1.30. The highest BCUT2D eigenvalue weighted by Crippen LogP contribution is 2.64. The molecule has 3 fully saturated rings. The van der Waals surface area contributed by atoms with Gasteiger partial charge >= 0.3 is 0 Å². The van der Waals surface area contributed by atoms with Gasteiger partial charge in [-0.1, -0.05) is 19.4 Å². The Labute approximate surface area is 201 Å². The van der Waals surface area contributed by atoms with Crippen molar-refractivity contribution >= 4 is 27.4 Å². The van der Waals surface area contributed by atoms with Gasteiger partial charge in [-0.15, -0.1) is 0 Å². The summed E-state index contributed by atoms with van der Waals surface area (Å²) in [7, 11) is -3.80. The maximum atomic E-state index is 12.6. The molecule has 0 bridgehead atoms. The summed E-state index contributed by atoms with van der Waals surface area (Å²) < 4.78 is 22.8. The molecule has 5 unspecified atom stereocenters. The molecule has 0 saturated heterocycles. The molecule has 1 aromatic carbocycles. The Bertz CT molecular complexity index is 1200. The number of primary sulfonamides is 1. The zero-order valence-corrected chi connectivity index (χ0v) is 20.7. The van der Waals surface area contributed by atoms with Gasteiger partial charge in [0.1, 0.15) is 5.78 Å². The van der Waals surface area contributed by atoms with Crippen LogP contribution >= 0.6 is 0 Å². The van der Waals surface area contributed by atoms with Gasteiger partial charge in [-0.3, -0.25) is 9.59 Å². The highest BCUT2D eigenvalue weighted by molar-refractivity contribution is 7.89. The molecule has 0 aromatic heterocycles. The van der Waals surface area contributed by atoms with Crippen LogP contribution in [0.4, 0.5) is 0 Å². The summed E-state index contributed by atoms with van der Waals surface area (Å²) in [6, 6.07) is 5.49. The van der Waals surface area contributed by atoms with Gasteiger partial charge in [0.25, 0.3) is 5.91 Å². The number of nitrogens with two attached hydrogens (primary N) is 1. The van der Waals surface area contributed by atoms with E-state index in [1.54, 1.807) is 0 Å². The molecule has 3 N–H and O–H groups in total. The fourth-order valence-electron chi connectivity index (χ4n) is 7.41. The number of hydrogen-bond donors (Lipinski definition) is 2. The molecule has 3 saturated carbocycles. The third-order valence-electron chi connectivity index (χ3n) is 9.43. The van der Waals surface area contributed by atoms with E-state index in [1.807, 2.05) is 0 Å². The van der Waals surface area contributed by atoms with Crippen LogP contribution in [0, 0.1) is 28.6 Å². The van der Waals surface area contributed by atoms with Gasteiger partial charge in [-0.05, 0) is 98.5 Å². The lowest BCUT2D eigenvalue weighted by Crippen LogP contribution is -2.50. The first-order valence-corrected chi connectivity index (χ1v) is 13.8. The van der Waals surface area contributed by atoms with Crippen LogP contribution < -0.4 is 10.6 Å². The largest absolute Gasteiger partial charge is 0.299 e. The zero-order chi connectivity index (χ0) is 24.3. The van der Waals surface area contributed by atoms with Crippen molar-refractivity contribution < 1.29 is 18.0 Å². The van der Waals surface area contributed by atoms with Crippen molar-refractivity contribution in [3.8, 4) is 0 Å². The summed E-state index contributed by atoms with van der Waals surface area (Å²) in [5.74, 6) is 1.87. The predicted octanol–water partition coefficient (Wildman–Crippen LogP) is 3.95. The van der Waals surface area contributed by atoms with Crippen molar-refractivity contribution in [2.75, 3.05) is 0 Å². The standard InChI is InChI=1S/C26H33N3O4S/c1-25-13-11-18(28-29-24(31)16-3-6-19(7-4-16)34(27,32)33)15-17(25)5-8-20-21-9-10-23(30)26(21,2)14-12-22(20)25/h3-4,6-7,15,20-22H,5,8-14H2,1-2H3,(H,29,31)(H2,27,32,33). The highest BCUT2D eigenvalue weighted by Gasteiger charge is 2.58. The summed E-state index contributed by atoms with van der Waals surface area (Å²) in [5.41, 5.74) is 5.28. The molecule has 5 rings (SSSR count). The second-order valence-electron chi connectivity index (χ2n) is 11.0. The Morgan fingerprint density at radius 3 is 2.41 bits per heavy atom. The molecule has 1 amide bonds. The Hall–Kier alpha value is -2.32. The number of nitrogens with zero attached hydrogens (tertiary/aromatic N) is 1. The van der Waals surface area contributed by atoms with Gasteiger partial charge in [0, 0.05) is 17.4 Å². The third kappa shape index (κ3) is 3.75. The fraction of sp³-hybridized carbons (Fsp3) is 0.577. The minimum absolute atomic E-state index is 0.0349. The summed E-state index contributed by atoms with van der Waals surface area (Å²) in [6.45, 7) is 4.62. The van der Waals surface area contributed by atoms with E-state index in [9.17, 15) is 18.0 Å². The molecule has 0 spiro atoms. The first-order chi connectivity index (χ1) is 16.0. The van der Waals surface area contributed by atoms with Crippen LogP contribution in [0.5, 0.6) is 0 Å². The molecule has 7 nitrogen and oxygen atoms in total. The quantitative estimate of drug-likeness (QED) is 0.633. The monoisotopic (exact) mass is 483 g/mol. The first kappa shape index (κ1) is 23.4. The number of hydrogen-bond acceptors (Lipinski definition) is 5. The third-order valence-corrected chi connectivity index (χ3v) is 10.4. The van der Waals surface area contributed by atoms with Crippen molar-refractivity contribution in [3.63, 3.8) is 0 Å². The van der Waals surface area contributed by atoms with Crippen LogP contribution in [0.1, 0.15) is 75.6 Å². The second-order valence-corrected chi connectivity index (χ2v) is 12.6. The number of amides is 1. The van der Waals surface area contributed by atoms with E-state index >= 15 is 0 Å². The van der Waals surface area contributed by atoms with Crippen molar-refractivity contribution in [1.82, 2.24) is 5.43 Å². The van der Waals surface area contributed by atoms with Crippen molar-refractivity contribution in [2.24, 2.45) is 38.8 Å². The molecule has 0 heterocycles. The van der Waals surface area contributed by atoms with E-state index in [0.29, 0.717) is 29.1 Å². The maximum absolute atomic E-state index is 12.6.